The standard InChI is InChI=1S/C23H32N2O3/c1-24(2)11-5-13-27-17-7-9-19-20-10-8-18(28-14-6-12-25(3)4)16-22(20)23(26)21(19)15-17/h7-10,15-16,23,26H,5-6,11-14H2,1-4H3. The molecule has 0 saturated carbocycles. The molecule has 0 amide bonds. The van der Waals surface area contributed by atoms with Gasteiger partial charge in [-0.1, -0.05) is 12.1 Å². The van der Waals surface area contributed by atoms with Gasteiger partial charge in [0.05, 0.1) is 13.2 Å². The van der Waals surface area contributed by atoms with Crippen LogP contribution in [0.25, 0.3) is 11.1 Å². The van der Waals surface area contributed by atoms with Gasteiger partial charge in [0.25, 0.3) is 0 Å². The number of aliphatic hydroxyl groups is 1. The van der Waals surface area contributed by atoms with E-state index in [2.05, 4.69) is 38.0 Å². The van der Waals surface area contributed by atoms with Crippen molar-refractivity contribution in [1.82, 2.24) is 9.80 Å². The minimum absolute atomic E-state index is 0.638. The highest BCUT2D eigenvalue weighted by Gasteiger charge is 2.28. The second kappa shape index (κ2) is 9.41. The van der Waals surface area contributed by atoms with Gasteiger partial charge in [0.2, 0.25) is 0 Å². The summed E-state index contributed by atoms with van der Waals surface area (Å²) in [5, 5.41) is 10.8. The summed E-state index contributed by atoms with van der Waals surface area (Å²) in [4.78, 5) is 4.29. The SMILES string of the molecule is CN(C)CCCOc1ccc2c(c1)C(O)c1cc(OCCCN(C)C)ccc1-2. The van der Waals surface area contributed by atoms with Crippen LogP contribution < -0.4 is 9.47 Å². The molecule has 0 bridgehead atoms. The van der Waals surface area contributed by atoms with Crippen molar-refractivity contribution >= 4 is 0 Å². The summed E-state index contributed by atoms with van der Waals surface area (Å²) < 4.78 is 11.7. The highest BCUT2D eigenvalue weighted by Crippen LogP contribution is 2.45. The number of aliphatic hydroxyl groups excluding tert-OH is 1. The van der Waals surface area contributed by atoms with Gasteiger partial charge in [-0.2, -0.15) is 0 Å². The predicted molar refractivity (Wildman–Crippen MR) is 113 cm³/mol. The molecule has 5 nitrogen and oxygen atoms in total. The average molecular weight is 385 g/mol. The predicted octanol–water partition coefficient (Wildman–Crippen LogP) is 3.41. The summed E-state index contributed by atoms with van der Waals surface area (Å²) in [6.45, 7) is 3.34. The summed E-state index contributed by atoms with van der Waals surface area (Å²) in [5.41, 5.74) is 3.96. The molecule has 28 heavy (non-hydrogen) atoms. The Morgan fingerprint density at radius 1 is 0.750 bits per heavy atom. The van der Waals surface area contributed by atoms with Gasteiger partial charge in [0.15, 0.2) is 0 Å². The molecule has 0 atom stereocenters. The minimum Gasteiger partial charge on any atom is -0.494 e. The molecule has 152 valence electrons. The number of fused-ring (bicyclic) bond motifs is 3. The van der Waals surface area contributed by atoms with Crippen molar-refractivity contribution in [2.75, 3.05) is 54.5 Å². The second-order valence-corrected chi connectivity index (χ2v) is 7.91. The number of hydrogen-bond donors (Lipinski definition) is 1. The first-order valence-corrected chi connectivity index (χ1v) is 9.97. The molecular formula is C23H32N2O3. The molecule has 0 heterocycles. The number of benzene rings is 2. The zero-order valence-electron chi connectivity index (χ0n) is 17.4. The molecule has 5 heteroatoms. The minimum atomic E-state index is -0.638. The molecule has 0 saturated heterocycles. The molecule has 0 aliphatic heterocycles. The van der Waals surface area contributed by atoms with Crippen molar-refractivity contribution in [2.45, 2.75) is 18.9 Å². The van der Waals surface area contributed by atoms with Crippen LogP contribution in [0.2, 0.25) is 0 Å². The largest absolute Gasteiger partial charge is 0.494 e. The van der Waals surface area contributed by atoms with Crippen LogP contribution in [0.4, 0.5) is 0 Å². The third-order valence-electron chi connectivity index (χ3n) is 4.96. The smallest absolute Gasteiger partial charge is 0.119 e. The molecule has 1 aliphatic rings. The van der Waals surface area contributed by atoms with Crippen LogP contribution in [0.5, 0.6) is 11.5 Å². The van der Waals surface area contributed by atoms with Gasteiger partial charge in [-0.25, -0.2) is 0 Å². The molecule has 2 aromatic rings. The third-order valence-corrected chi connectivity index (χ3v) is 4.96. The molecule has 3 rings (SSSR count). The molecule has 1 N–H and O–H groups in total. The lowest BCUT2D eigenvalue weighted by Crippen LogP contribution is -2.15. The fourth-order valence-corrected chi connectivity index (χ4v) is 3.51. The first-order valence-electron chi connectivity index (χ1n) is 9.97. The maximum atomic E-state index is 10.8. The quantitative estimate of drug-likeness (QED) is 0.636. The van der Waals surface area contributed by atoms with Gasteiger partial charge in [-0.3, -0.25) is 0 Å². The van der Waals surface area contributed by atoms with E-state index in [0.717, 1.165) is 59.7 Å². The van der Waals surface area contributed by atoms with E-state index in [4.69, 9.17) is 9.47 Å². The molecule has 0 aromatic heterocycles. The van der Waals surface area contributed by atoms with Crippen molar-refractivity contribution in [2.24, 2.45) is 0 Å². The molecule has 0 radical (unpaired) electrons. The van der Waals surface area contributed by atoms with Gasteiger partial charge in [0.1, 0.15) is 17.6 Å². The van der Waals surface area contributed by atoms with Crippen LogP contribution in [-0.4, -0.2) is 69.4 Å². The number of hydrogen-bond acceptors (Lipinski definition) is 5. The Kier molecular flexibility index (Phi) is 6.94. The summed E-state index contributed by atoms with van der Waals surface area (Å²) in [5.74, 6) is 1.62. The van der Waals surface area contributed by atoms with Crippen molar-refractivity contribution < 1.29 is 14.6 Å². The van der Waals surface area contributed by atoms with Gasteiger partial charge in [0, 0.05) is 13.1 Å². The summed E-state index contributed by atoms with van der Waals surface area (Å²) in [7, 11) is 8.23. The Balaban J connectivity index is 1.65. The summed E-state index contributed by atoms with van der Waals surface area (Å²) in [6, 6.07) is 12.0. The van der Waals surface area contributed by atoms with Gasteiger partial charge < -0.3 is 24.4 Å². The van der Waals surface area contributed by atoms with Crippen LogP contribution in [0, 0.1) is 0 Å². The van der Waals surface area contributed by atoms with Crippen LogP contribution in [0.3, 0.4) is 0 Å². The molecular weight excluding hydrogens is 352 g/mol. The molecule has 0 unspecified atom stereocenters. The summed E-state index contributed by atoms with van der Waals surface area (Å²) >= 11 is 0. The van der Waals surface area contributed by atoms with E-state index in [1.807, 2.05) is 36.4 Å². The molecule has 2 aromatic carbocycles. The second-order valence-electron chi connectivity index (χ2n) is 7.91. The van der Waals surface area contributed by atoms with Gasteiger partial charge in [-0.15, -0.1) is 0 Å². The highest BCUT2D eigenvalue weighted by molar-refractivity contribution is 5.79. The average Bonchev–Trinajstić information content (AvgIpc) is 2.94. The van der Waals surface area contributed by atoms with Crippen molar-refractivity contribution in [3.63, 3.8) is 0 Å². The Bertz CT molecular complexity index is 724. The number of nitrogens with zero attached hydrogens (tertiary/aromatic N) is 2. The van der Waals surface area contributed by atoms with E-state index in [9.17, 15) is 5.11 Å². The number of rotatable bonds is 10. The molecule has 0 spiro atoms. The monoisotopic (exact) mass is 384 g/mol. The lowest BCUT2D eigenvalue weighted by molar-refractivity contribution is 0.222. The Morgan fingerprint density at radius 2 is 1.18 bits per heavy atom. The van der Waals surface area contributed by atoms with Crippen LogP contribution >= 0.6 is 0 Å². The van der Waals surface area contributed by atoms with Crippen LogP contribution in [0.15, 0.2) is 36.4 Å². The van der Waals surface area contributed by atoms with Gasteiger partial charge in [-0.05, 0) is 87.6 Å². The fourth-order valence-electron chi connectivity index (χ4n) is 3.51. The summed E-state index contributed by atoms with van der Waals surface area (Å²) in [6.07, 6.45) is 1.31. The normalized spacial score (nSPS) is 13.1. The molecule has 1 aliphatic carbocycles. The maximum absolute atomic E-state index is 10.8. The van der Waals surface area contributed by atoms with E-state index in [1.54, 1.807) is 0 Å². The lowest BCUT2D eigenvalue weighted by Gasteiger charge is -2.12. The first-order chi connectivity index (χ1) is 13.5. The fraction of sp³-hybridized carbons (Fsp3) is 0.478. The Labute approximate surface area is 168 Å². The zero-order valence-corrected chi connectivity index (χ0v) is 17.4. The lowest BCUT2D eigenvalue weighted by atomic mass is 10.1. The van der Waals surface area contributed by atoms with E-state index in [0.29, 0.717) is 13.2 Å². The van der Waals surface area contributed by atoms with E-state index in [-0.39, 0.29) is 0 Å². The van der Waals surface area contributed by atoms with Gasteiger partial charge >= 0.3 is 0 Å². The van der Waals surface area contributed by atoms with Crippen LogP contribution in [0.1, 0.15) is 30.1 Å². The van der Waals surface area contributed by atoms with Crippen molar-refractivity contribution in [3.05, 3.63) is 47.5 Å². The topological polar surface area (TPSA) is 45.2 Å². The number of ether oxygens (including phenoxy) is 2. The van der Waals surface area contributed by atoms with Crippen molar-refractivity contribution in [3.8, 4) is 22.6 Å². The van der Waals surface area contributed by atoms with Crippen LogP contribution in [-0.2, 0) is 0 Å². The van der Waals surface area contributed by atoms with Crippen molar-refractivity contribution in [1.29, 1.82) is 0 Å². The first kappa shape index (κ1) is 20.6. The van der Waals surface area contributed by atoms with E-state index < -0.39 is 6.10 Å². The maximum Gasteiger partial charge on any atom is 0.119 e. The Morgan fingerprint density at radius 3 is 1.57 bits per heavy atom. The Hall–Kier alpha value is -2.08. The van der Waals surface area contributed by atoms with E-state index in [1.165, 1.54) is 0 Å². The highest BCUT2D eigenvalue weighted by atomic mass is 16.5. The zero-order chi connectivity index (χ0) is 20.1. The molecule has 0 fully saturated rings. The van der Waals surface area contributed by atoms with E-state index >= 15 is 0 Å². The third kappa shape index (κ3) is 5.04.